The molecule has 7 nitrogen and oxygen atoms in total. The minimum absolute atomic E-state index is 0.0467. The van der Waals surface area contributed by atoms with Crippen molar-refractivity contribution in [1.29, 1.82) is 0 Å². The van der Waals surface area contributed by atoms with E-state index in [1.165, 1.54) is 12.8 Å². The Morgan fingerprint density at radius 3 is 2.43 bits per heavy atom. The lowest BCUT2D eigenvalue weighted by molar-refractivity contribution is 0.630. The first-order valence-corrected chi connectivity index (χ1v) is 8.07. The van der Waals surface area contributed by atoms with Crippen LogP contribution in [-0.4, -0.2) is 45.9 Å². The van der Waals surface area contributed by atoms with Gasteiger partial charge in [-0.3, -0.25) is 4.79 Å². The minimum atomic E-state index is -0.0467. The number of hydrogen-bond acceptors (Lipinski definition) is 6. The van der Waals surface area contributed by atoms with E-state index in [0.29, 0.717) is 11.7 Å². The lowest BCUT2D eigenvalue weighted by Crippen LogP contribution is -2.49. The van der Waals surface area contributed by atoms with E-state index in [4.69, 9.17) is 0 Å². The topological polar surface area (TPSA) is 67.2 Å². The quantitative estimate of drug-likeness (QED) is 0.834. The molecule has 0 N–H and O–H groups in total. The van der Waals surface area contributed by atoms with Crippen molar-refractivity contribution in [3.05, 3.63) is 40.6 Å². The van der Waals surface area contributed by atoms with Crippen molar-refractivity contribution in [2.24, 2.45) is 7.05 Å². The largest absolute Gasteiger partial charge is 0.352 e. The van der Waals surface area contributed by atoms with Gasteiger partial charge in [0.25, 0.3) is 5.56 Å². The highest BCUT2D eigenvalue weighted by atomic mass is 16.1. The Morgan fingerprint density at radius 1 is 1.04 bits per heavy atom. The average molecular weight is 312 g/mol. The van der Waals surface area contributed by atoms with E-state index in [0.717, 1.165) is 37.7 Å². The number of rotatable bonds is 3. The molecule has 2 aromatic heterocycles. The molecule has 1 saturated carbocycles. The van der Waals surface area contributed by atoms with Crippen LogP contribution in [0.2, 0.25) is 0 Å². The lowest BCUT2D eigenvalue weighted by atomic mass is 10.2. The summed E-state index contributed by atoms with van der Waals surface area (Å²) in [5, 5.41) is 8.72. The maximum atomic E-state index is 12.1. The Kier molecular flexibility index (Phi) is 3.48. The smallest absolute Gasteiger partial charge is 0.293 e. The Hall–Kier alpha value is -2.44. The van der Waals surface area contributed by atoms with Gasteiger partial charge in [-0.2, -0.15) is 5.10 Å². The summed E-state index contributed by atoms with van der Waals surface area (Å²) in [4.78, 5) is 20.7. The highest BCUT2D eigenvalue weighted by Crippen LogP contribution is 2.38. The molecule has 1 saturated heterocycles. The van der Waals surface area contributed by atoms with Crippen molar-refractivity contribution < 1.29 is 0 Å². The van der Waals surface area contributed by atoms with Gasteiger partial charge in [-0.15, -0.1) is 5.10 Å². The second kappa shape index (κ2) is 5.64. The van der Waals surface area contributed by atoms with E-state index in [1.54, 1.807) is 24.0 Å². The van der Waals surface area contributed by atoms with Crippen molar-refractivity contribution >= 4 is 11.6 Å². The first-order valence-electron chi connectivity index (χ1n) is 8.07. The molecular formula is C16H20N6O. The molecule has 3 heterocycles. The Bertz CT molecular complexity index is 744. The maximum Gasteiger partial charge on any atom is 0.293 e. The zero-order valence-electron chi connectivity index (χ0n) is 13.2. The molecule has 0 spiro atoms. The Labute approximate surface area is 134 Å². The molecular weight excluding hydrogens is 292 g/mol. The van der Waals surface area contributed by atoms with Crippen LogP contribution in [0.25, 0.3) is 0 Å². The SMILES string of the molecule is Cn1ccnc(N2CCN(c3ccc(C4CC4)nn3)CC2)c1=O. The van der Waals surface area contributed by atoms with Gasteiger partial charge in [0.05, 0.1) is 5.69 Å². The maximum absolute atomic E-state index is 12.1. The third kappa shape index (κ3) is 2.78. The molecule has 1 aliphatic carbocycles. The van der Waals surface area contributed by atoms with Gasteiger partial charge in [0.1, 0.15) is 0 Å². The molecule has 1 aliphatic heterocycles. The molecule has 0 bridgehead atoms. The summed E-state index contributed by atoms with van der Waals surface area (Å²) in [7, 11) is 1.75. The lowest BCUT2D eigenvalue weighted by Gasteiger charge is -2.35. The summed E-state index contributed by atoms with van der Waals surface area (Å²) in [6.45, 7) is 3.16. The van der Waals surface area contributed by atoms with E-state index < -0.39 is 0 Å². The summed E-state index contributed by atoms with van der Waals surface area (Å²) in [5.41, 5.74) is 1.07. The van der Waals surface area contributed by atoms with E-state index >= 15 is 0 Å². The van der Waals surface area contributed by atoms with Crippen molar-refractivity contribution in [1.82, 2.24) is 19.7 Å². The van der Waals surface area contributed by atoms with Crippen LogP contribution >= 0.6 is 0 Å². The fourth-order valence-corrected chi connectivity index (χ4v) is 2.95. The molecule has 23 heavy (non-hydrogen) atoms. The highest BCUT2D eigenvalue weighted by molar-refractivity contribution is 5.43. The summed E-state index contributed by atoms with van der Waals surface area (Å²) in [6.07, 6.45) is 5.84. The van der Waals surface area contributed by atoms with Crippen LogP contribution in [0.15, 0.2) is 29.3 Å². The predicted octanol–water partition coefficient (Wildman–Crippen LogP) is 0.774. The Balaban J connectivity index is 1.44. The molecule has 2 aromatic rings. The van der Waals surface area contributed by atoms with Crippen molar-refractivity contribution in [2.45, 2.75) is 18.8 Å². The highest BCUT2D eigenvalue weighted by Gasteiger charge is 2.26. The van der Waals surface area contributed by atoms with Crippen LogP contribution in [0.1, 0.15) is 24.5 Å². The van der Waals surface area contributed by atoms with E-state index in [9.17, 15) is 4.79 Å². The van der Waals surface area contributed by atoms with Gasteiger partial charge >= 0.3 is 0 Å². The van der Waals surface area contributed by atoms with Crippen LogP contribution in [-0.2, 0) is 7.05 Å². The number of hydrogen-bond donors (Lipinski definition) is 0. The second-order valence-corrected chi connectivity index (χ2v) is 6.23. The number of nitrogens with zero attached hydrogens (tertiary/aromatic N) is 6. The normalized spacial score (nSPS) is 18.3. The van der Waals surface area contributed by atoms with E-state index in [2.05, 4.69) is 32.2 Å². The van der Waals surface area contributed by atoms with Crippen LogP contribution in [0.4, 0.5) is 11.6 Å². The summed E-state index contributed by atoms with van der Waals surface area (Å²) in [6, 6.07) is 4.16. The second-order valence-electron chi connectivity index (χ2n) is 6.23. The van der Waals surface area contributed by atoms with Gasteiger partial charge < -0.3 is 14.4 Å². The molecule has 0 amide bonds. The Morgan fingerprint density at radius 2 is 1.78 bits per heavy atom. The summed E-state index contributed by atoms with van der Waals surface area (Å²) in [5.74, 6) is 2.08. The van der Waals surface area contributed by atoms with Gasteiger partial charge in [0, 0.05) is 51.5 Å². The third-order valence-corrected chi connectivity index (χ3v) is 4.57. The molecule has 4 rings (SSSR count). The molecule has 0 aromatic carbocycles. The van der Waals surface area contributed by atoms with Gasteiger partial charge in [-0.05, 0) is 25.0 Å². The van der Waals surface area contributed by atoms with Crippen LogP contribution < -0.4 is 15.4 Å². The van der Waals surface area contributed by atoms with Crippen molar-refractivity contribution in [3.8, 4) is 0 Å². The van der Waals surface area contributed by atoms with Crippen LogP contribution in [0.3, 0.4) is 0 Å². The van der Waals surface area contributed by atoms with Gasteiger partial charge in [-0.25, -0.2) is 4.98 Å². The van der Waals surface area contributed by atoms with Gasteiger partial charge in [0.2, 0.25) is 0 Å². The average Bonchev–Trinajstić information content (AvgIpc) is 3.43. The summed E-state index contributed by atoms with van der Waals surface area (Å²) >= 11 is 0. The monoisotopic (exact) mass is 312 g/mol. The molecule has 2 fully saturated rings. The first-order chi connectivity index (χ1) is 11.2. The molecule has 7 heteroatoms. The zero-order chi connectivity index (χ0) is 15.8. The predicted molar refractivity (Wildman–Crippen MR) is 87.9 cm³/mol. The number of aryl methyl sites for hydroxylation is 1. The number of aromatic nitrogens is 4. The van der Waals surface area contributed by atoms with Crippen molar-refractivity contribution in [2.75, 3.05) is 36.0 Å². The number of anilines is 2. The molecule has 120 valence electrons. The van der Waals surface area contributed by atoms with E-state index in [-0.39, 0.29) is 5.56 Å². The van der Waals surface area contributed by atoms with Crippen molar-refractivity contribution in [3.63, 3.8) is 0 Å². The summed E-state index contributed by atoms with van der Waals surface area (Å²) < 4.78 is 1.57. The number of piperazine rings is 1. The standard InChI is InChI=1S/C16H20N6O/c1-20-7-6-17-15(16(20)23)22-10-8-21(9-11-22)14-5-4-13(18-19-14)12-2-3-12/h4-7,12H,2-3,8-11H2,1H3. The fraction of sp³-hybridized carbons (Fsp3) is 0.500. The molecule has 2 aliphatic rings. The molecule has 0 radical (unpaired) electrons. The minimum Gasteiger partial charge on any atom is -0.352 e. The van der Waals surface area contributed by atoms with Gasteiger partial charge in [0.15, 0.2) is 11.6 Å². The van der Waals surface area contributed by atoms with Gasteiger partial charge in [-0.1, -0.05) is 0 Å². The zero-order valence-corrected chi connectivity index (χ0v) is 13.2. The third-order valence-electron chi connectivity index (χ3n) is 4.57. The van der Waals surface area contributed by atoms with E-state index in [1.807, 2.05) is 4.90 Å². The molecule has 0 atom stereocenters. The molecule has 0 unspecified atom stereocenters. The fourth-order valence-electron chi connectivity index (χ4n) is 2.95. The first kappa shape index (κ1) is 14.2. The van der Waals surface area contributed by atoms with Crippen LogP contribution in [0, 0.1) is 0 Å². The van der Waals surface area contributed by atoms with Crippen LogP contribution in [0.5, 0.6) is 0 Å².